The maximum atomic E-state index is 11.5. The van der Waals surface area contributed by atoms with Crippen LogP contribution in [0.2, 0.25) is 0 Å². The number of aryl methyl sites for hydroxylation is 1. The molecule has 19 heavy (non-hydrogen) atoms. The number of rotatable bonds is 4. The maximum Gasteiger partial charge on any atom is 0.246 e. The van der Waals surface area contributed by atoms with Crippen LogP contribution in [0, 0.1) is 6.92 Å². The van der Waals surface area contributed by atoms with E-state index >= 15 is 0 Å². The Hall–Kier alpha value is -2.42. The fourth-order valence-electron chi connectivity index (χ4n) is 1.85. The van der Waals surface area contributed by atoms with Gasteiger partial charge in [0.25, 0.3) is 0 Å². The Kier molecular flexibility index (Phi) is 4.08. The number of amides is 1. The number of carbonyl (C=O) groups is 1. The lowest BCUT2D eigenvalue weighted by Gasteiger charge is -2.08. The number of nitrogens with zero attached hydrogens (tertiary/aromatic N) is 1. The lowest BCUT2D eigenvalue weighted by Crippen LogP contribution is -2.20. The van der Waals surface area contributed by atoms with Gasteiger partial charge in [-0.05, 0) is 23.6 Å². The molecule has 2 N–H and O–H groups in total. The molecule has 0 fully saturated rings. The second-order valence-corrected chi connectivity index (χ2v) is 4.35. The van der Waals surface area contributed by atoms with Gasteiger partial charge in [0.05, 0.1) is 0 Å². The van der Waals surface area contributed by atoms with Crippen LogP contribution in [0.15, 0.2) is 59.6 Å². The van der Waals surface area contributed by atoms with Gasteiger partial charge < -0.3 is 5.73 Å². The molecule has 0 aliphatic rings. The predicted molar refractivity (Wildman–Crippen MR) is 77.2 cm³/mol. The summed E-state index contributed by atoms with van der Waals surface area (Å²) in [7, 11) is 0. The van der Waals surface area contributed by atoms with Crippen LogP contribution in [0.4, 0.5) is 0 Å². The van der Waals surface area contributed by atoms with Crippen LogP contribution in [0.25, 0.3) is 0 Å². The van der Waals surface area contributed by atoms with Crippen LogP contribution < -0.4 is 5.73 Å². The molecule has 3 heteroatoms. The van der Waals surface area contributed by atoms with Crippen molar-refractivity contribution in [2.45, 2.75) is 13.0 Å². The summed E-state index contributed by atoms with van der Waals surface area (Å²) in [6.45, 7) is 2.00. The van der Waals surface area contributed by atoms with Gasteiger partial charge in [-0.2, -0.15) is 0 Å². The van der Waals surface area contributed by atoms with E-state index in [2.05, 4.69) is 4.99 Å². The average molecular weight is 252 g/mol. The topological polar surface area (TPSA) is 55.4 Å². The first-order valence-corrected chi connectivity index (χ1v) is 6.11. The molecule has 1 amide bonds. The smallest absolute Gasteiger partial charge is 0.246 e. The number of aliphatic imine (C=N–C) groups is 1. The minimum Gasteiger partial charge on any atom is -0.368 e. The van der Waals surface area contributed by atoms with Crippen molar-refractivity contribution in [1.82, 2.24) is 0 Å². The highest BCUT2D eigenvalue weighted by atomic mass is 16.1. The lowest BCUT2D eigenvalue weighted by atomic mass is 10.1. The van der Waals surface area contributed by atoms with Crippen molar-refractivity contribution in [2.75, 3.05) is 0 Å². The van der Waals surface area contributed by atoms with Gasteiger partial charge >= 0.3 is 0 Å². The molecule has 0 bridgehead atoms. The molecule has 0 spiro atoms. The zero-order chi connectivity index (χ0) is 13.7. The number of nitrogens with two attached hydrogens (primary N) is 1. The third kappa shape index (κ3) is 3.28. The standard InChI is InChI=1S/C16H16N2O/c1-12-7-5-6-10-14(12)11-18-15(16(17)19)13-8-3-2-4-9-13/h2-11,15H,1H3,(H2,17,19)/t15-/m0/s1. The van der Waals surface area contributed by atoms with E-state index in [9.17, 15) is 4.79 Å². The third-order valence-electron chi connectivity index (χ3n) is 2.94. The zero-order valence-corrected chi connectivity index (χ0v) is 10.8. The van der Waals surface area contributed by atoms with Gasteiger partial charge in [-0.3, -0.25) is 9.79 Å². The molecule has 0 aromatic heterocycles. The molecule has 2 aromatic carbocycles. The fourth-order valence-corrected chi connectivity index (χ4v) is 1.85. The van der Waals surface area contributed by atoms with E-state index in [1.165, 1.54) is 0 Å². The van der Waals surface area contributed by atoms with E-state index < -0.39 is 11.9 Å². The summed E-state index contributed by atoms with van der Waals surface area (Å²) in [5, 5.41) is 0. The van der Waals surface area contributed by atoms with Gasteiger partial charge in [0, 0.05) is 6.21 Å². The first kappa shape index (κ1) is 13.0. The minimum atomic E-state index is -0.638. The number of benzene rings is 2. The Morgan fingerprint density at radius 2 is 1.74 bits per heavy atom. The molecule has 0 unspecified atom stereocenters. The highest BCUT2D eigenvalue weighted by Gasteiger charge is 2.15. The number of carbonyl (C=O) groups excluding carboxylic acids is 1. The number of hydrogen-bond donors (Lipinski definition) is 1. The maximum absolute atomic E-state index is 11.5. The Morgan fingerprint density at radius 3 is 2.37 bits per heavy atom. The summed E-state index contributed by atoms with van der Waals surface area (Å²) in [6.07, 6.45) is 1.71. The normalized spacial score (nSPS) is 12.5. The van der Waals surface area contributed by atoms with E-state index in [0.717, 1.165) is 16.7 Å². The van der Waals surface area contributed by atoms with Crippen molar-refractivity contribution in [1.29, 1.82) is 0 Å². The van der Waals surface area contributed by atoms with E-state index in [1.54, 1.807) is 6.21 Å². The van der Waals surface area contributed by atoms with Crippen molar-refractivity contribution in [3.63, 3.8) is 0 Å². The molecule has 2 aromatic rings. The quantitative estimate of drug-likeness (QED) is 0.835. The van der Waals surface area contributed by atoms with Crippen molar-refractivity contribution in [3.05, 3.63) is 71.3 Å². The van der Waals surface area contributed by atoms with Gasteiger partial charge in [-0.25, -0.2) is 0 Å². The van der Waals surface area contributed by atoms with E-state index in [4.69, 9.17) is 5.73 Å². The largest absolute Gasteiger partial charge is 0.368 e. The summed E-state index contributed by atoms with van der Waals surface area (Å²) in [5.41, 5.74) is 8.33. The SMILES string of the molecule is Cc1ccccc1C=N[C@H](C(N)=O)c1ccccc1. The molecule has 0 aliphatic carbocycles. The van der Waals surface area contributed by atoms with Crippen LogP contribution >= 0.6 is 0 Å². The number of primary amides is 1. The zero-order valence-electron chi connectivity index (χ0n) is 10.8. The van der Waals surface area contributed by atoms with Crippen molar-refractivity contribution in [2.24, 2.45) is 10.7 Å². The van der Waals surface area contributed by atoms with Gasteiger partial charge in [-0.15, -0.1) is 0 Å². The summed E-state index contributed by atoms with van der Waals surface area (Å²) in [6, 6.07) is 16.6. The fraction of sp³-hybridized carbons (Fsp3) is 0.125. The van der Waals surface area contributed by atoms with Crippen LogP contribution in [-0.4, -0.2) is 12.1 Å². The molecule has 2 rings (SSSR count). The minimum absolute atomic E-state index is 0.448. The molecule has 0 saturated heterocycles. The summed E-state index contributed by atoms with van der Waals surface area (Å²) in [4.78, 5) is 15.8. The summed E-state index contributed by atoms with van der Waals surface area (Å²) in [5.74, 6) is -0.448. The Morgan fingerprint density at radius 1 is 1.11 bits per heavy atom. The molecule has 0 heterocycles. The molecular weight excluding hydrogens is 236 g/mol. The highest BCUT2D eigenvalue weighted by Crippen LogP contribution is 2.17. The molecular formula is C16H16N2O. The van der Waals surface area contributed by atoms with Crippen LogP contribution in [0.3, 0.4) is 0 Å². The average Bonchev–Trinajstić information content (AvgIpc) is 2.42. The lowest BCUT2D eigenvalue weighted by molar-refractivity contribution is -0.119. The highest BCUT2D eigenvalue weighted by molar-refractivity contribution is 5.87. The second kappa shape index (κ2) is 5.96. The first-order valence-electron chi connectivity index (χ1n) is 6.11. The molecule has 0 aliphatic heterocycles. The molecule has 0 saturated carbocycles. The molecule has 96 valence electrons. The monoisotopic (exact) mass is 252 g/mol. The van der Waals surface area contributed by atoms with Gasteiger partial charge in [0.2, 0.25) is 5.91 Å². The van der Waals surface area contributed by atoms with Crippen molar-refractivity contribution < 1.29 is 4.79 Å². The van der Waals surface area contributed by atoms with Crippen LogP contribution in [0.1, 0.15) is 22.7 Å². The molecule has 0 radical (unpaired) electrons. The van der Waals surface area contributed by atoms with E-state index in [1.807, 2.05) is 61.5 Å². The summed E-state index contributed by atoms with van der Waals surface area (Å²) < 4.78 is 0. The Labute approximate surface area is 112 Å². The predicted octanol–water partition coefficient (Wildman–Crippen LogP) is 2.64. The Balaban J connectivity index is 2.28. The van der Waals surface area contributed by atoms with Crippen LogP contribution in [0.5, 0.6) is 0 Å². The second-order valence-electron chi connectivity index (χ2n) is 4.35. The number of hydrogen-bond acceptors (Lipinski definition) is 2. The van der Waals surface area contributed by atoms with E-state index in [0.29, 0.717) is 0 Å². The molecule has 3 nitrogen and oxygen atoms in total. The first-order chi connectivity index (χ1) is 9.18. The third-order valence-corrected chi connectivity index (χ3v) is 2.94. The molecule has 1 atom stereocenters. The van der Waals surface area contributed by atoms with E-state index in [-0.39, 0.29) is 0 Å². The van der Waals surface area contributed by atoms with Gasteiger partial charge in [0.15, 0.2) is 6.04 Å². The Bertz CT molecular complexity index is 591. The van der Waals surface area contributed by atoms with Crippen molar-refractivity contribution >= 4 is 12.1 Å². The van der Waals surface area contributed by atoms with Crippen LogP contribution in [-0.2, 0) is 4.79 Å². The van der Waals surface area contributed by atoms with Crippen molar-refractivity contribution in [3.8, 4) is 0 Å². The van der Waals surface area contributed by atoms with Gasteiger partial charge in [0.1, 0.15) is 0 Å². The summed E-state index contributed by atoms with van der Waals surface area (Å²) >= 11 is 0. The van der Waals surface area contributed by atoms with Gasteiger partial charge in [-0.1, -0.05) is 54.6 Å².